The van der Waals surface area contributed by atoms with E-state index in [9.17, 15) is 9.90 Å². The third-order valence-corrected chi connectivity index (χ3v) is 5.35. The van der Waals surface area contributed by atoms with Crippen molar-refractivity contribution < 1.29 is 9.90 Å². The number of rotatable bonds is 3. The fourth-order valence-electron chi connectivity index (χ4n) is 3.62. The minimum absolute atomic E-state index is 0.104. The lowest BCUT2D eigenvalue weighted by molar-refractivity contribution is -0.126. The zero-order chi connectivity index (χ0) is 17.8. The van der Waals surface area contributed by atoms with E-state index >= 15 is 0 Å². The largest absolute Gasteiger partial charge is 0.393 e. The first-order valence-corrected chi connectivity index (χ1v) is 8.90. The Morgan fingerprint density at radius 3 is 2.84 bits per heavy atom. The van der Waals surface area contributed by atoms with E-state index in [1.54, 1.807) is 12.3 Å². The fraction of sp³-hybridized carbons (Fsp3) is 0.500. The van der Waals surface area contributed by atoms with Gasteiger partial charge in [-0.15, -0.1) is 0 Å². The van der Waals surface area contributed by atoms with Crippen LogP contribution in [0.1, 0.15) is 32.4 Å². The van der Waals surface area contributed by atoms with Gasteiger partial charge in [0, 0.05) is 35.5 Å². The highest BCUT2D eigenvalue weighted by atomic mass is 35.5. The number of hydrogen-bond donors (Lipinski definition) is 2. The summed E-state index contributed by atoms with van der Waals surface area (Å²) in [4.78, 5) is 16.4. The molecule has 1 fully saturated rings. The second kappa shape index (κ2) is 5.81. The molecule has 0 bridgehead atoms. The molecule has 0 spiro atoms. The molecule has 2 N–H and O–H groups in total. The van der Waals surface area contributed by atoms with Crippen LogP contribution in [-0.4, -0.2) is 31.9 Å². The Balaban J connectivity index is 1.60. The van der Waals surface area contributed by atoms with Gasteiger partial charge in [0.1, 0.15) is 5.82 Å². The number of anilines is 1. The predicted molar refractivity (Wildman–Crippen MR) is 95.3 cm³/mol. The van der Waals surface area contributed by atoms with Gasteiger partial charge < -0.3 is 10.4 Å². The van der Waals surface area contributed by atoms with E-state index in [1.165, 1.54) is 0 Å². The standard InChI is InChI=1S/C18H21ClN4O2/c1-18(2)6-15-13(7-21-23(15)9-18)12-5-16(20-8-14(12)19)22-17(25)10-3-11(24)4-10/h5,7-8,10-11,24H,3-4,6,9H2,1-2H3,(H,20,22,25). The van der Waals surface area contributed by atoms with Crippen molar-refractivity contribution in [1.29, 1.82) is 0 Å². The van der Waals surface area contributed by atoms with E-state index in [4.69, 9.17) is 11.6 Å². The van der Waals surface area contributed by atoms with Gasteiger partial charge in [0.15, 0.2) is 0 Å². The first-order valence-electron chi connectivity index (χ1n) is 8.52. The third-order valence-electron chi connectivity index (χ3n) is 5.05. The number of amides is 1. The van der Waals surface area contributed by atoms with Gasteiger partial charge in [-0.3, -0.25) is 9.48 Å². The molecule has 132 valence electrons. The number of aromatic nitrogens is 3. The van der Waals surface area contributed by atoms with E-state index in [-0.39, 0.29) is 23.3 Å². The average Bonchev–Trinajstić information content (AvgIpc) is 3.01. The van der Waals surface area contributed by atoms with Crippen LogP contribution in [0.5, 0.6) is 0 Å². The van der Waals surface area contributed by atoms with Gasteiger partial charge in [-0.05, 0) is 30.7 Å². The average molecular weight is 361 g/mol. The molecule has 2 aromatic rings. The monoisotopic (exact) mass is 360 g/mol. The predicted octanol–water partition coefficient (Wildman–Crippen LogP) is 2.89. The number of hydrogen-bond acceptors (Lipinski definition) is 4. The molecule has 2 aliphatic rings. The van der Waals surface area contributed by atoms with Gasteiger partial charge in [0.25, 0.3) is 0 Å². The summed E-state index contributed by atoms with van der Waals surface area (Å²) in [6.07, 6.45) is 4.99. The van der Waals surface area contributed by atoms with Crippen molar-refractivity contribution in [2.75, 3.05) is 5.32 Å². The summed E-state index contributed by atoms with van der Waals surface area (Å²) in [7, 11) is 0. The first kappa shape index (κ1) is 16.5. The molecule has 25 heavy (non-hydrogen) atoms. The molecule has 7 heteroatoms. The molecule has 0 atom stereocenters. The van der Waals surface area contributed by atoms with Crippen LogP contribution in [0.4, 0.5) is 5.82 Å². The quantitative estimate of drug-likeness (QED) is 0.882. The Hall–Kier alpha value is -1.92. The number of nitrogens with one attached hydrogen (secondary N) is 1. The zero-order valence-electron chi connectivity index (χ0n) is 14.3. The molecule has 2 aromatic heterocycles. The topological polar surface area (TPSA) is 80.0 Å². The van der Waals surface area contributed by atoms with E-state index in [2.05, 4.69) is 29.2 Å². The Morgan fingerprint density at radius 2 is 2.12 bits per heavy atom. The first-order chi connectivity index (χ1) is 11.8. The van der Waals surface area contributed by atoms with Gasteiger partial charge in [0.2, 0.25) is 5.91 Å². The molecule has 4 rings (SSSR count). The number of carbonyl (C=O) groups is 1. The highest BCUT2D eigenvalue weighted by Gasteiger charge is 2.34. The number of carbonyl (C=O) groups excluding carboxylic acids is 1. The van der Waals surface area contributed by atoms with E-state index in [0.717, 1.165) is 29.8 Å². The van der Waals surface area contributed by atoms with E-state index < -0.39 is 0 Å². The van der Waals surface area contributed by atoms with Crippen LogP contribution in [-0.2, 0) is 17.8 Å². The minimum atomic E-state index is -0.358. The molecule has 1 aliphatic carbocycles. The minimum Gasteiger partial charge on any atom is -0.393 e. The number of aliphatic hydroxyl groups excluding tert-OH is 1. The molecule has 3 heterocycles. The number of pyridine rings is 1. The SMILES string of the molecule is CC1(C)Cc2c(-c3cc(NC(=O)C4CC(O)C4)ncc3Cl)cnn2C1. The molecule has 6 nitrogen and oxygen atoms in total. The van der Waals surface area contributed by atoms with Crippen LogP contribution < -0.4 is 5.32 Å². The summed E-state index contributed by atoms with van der Waals surface area (Å²) in [6.45, 7) is 5.33. The van der Waals surface area contributed by atoms with Crippen molar-refractivity contribution in [1.82, 2.24) is 14.8 Å². The third kappa shape index (κ3) is 3.04. The van der Waals surface area contributed by atoms with Crippen molar-refractivity contribution in [3.63, 3.8) is 0 Å². The van der Waals surface area contributed by atoms with Gasteiger partial charge in [-0.2, -0.15) is 5.10 Å². The Labute approximate surface area is 151 Å². The summed E-state index contributed by atoms with van der Waals surface area (Å²) in [5, 5.41) is 17.2. The van der Waals surface area contributed by atoms with Crippen molar-refractivity contribution in [2.24, 2.45) is 11.3 Å². The van der Waals surface area contributed by atoms with E-state index in [1.807, 2.05) is 10.9 Å². The van der Waals surface area contributed by atoms with Crippen molar-refractivity contribution >= 4 is 23.3 Å². The second-order valence-electron chi connectivity index (χ2n) is 7.86. The maximum absolute atomic E-state index is 12.2. The van der Waals surface area contributed by atoms with Crippen LogP contribution in [0, 0.1) is 11.3 Å². The van der Waals surface area contributed by atoms with Crippen LogP contribution in [0.15, 0.2) is 18.5 Å². The lowest BCUT2D eigenvalue weighted by Gasteiger charge is -2.29. The molecular formula is C18H21ClN4O2. The number of halogens is 1. The molecule has 0 unspecified atom stereocenters. The molecule has 1 saturated carbocycles. The summed E-state index contributed by atoms with van der Waals surface area (Å²) in [5.74, 6) is 0.229. The highest BCUT2D eigenvalue weighted by Crippen LogP contribution is 2.39. The Kier molecular flexibility index (Phi) is 3.85. The smallest absolute Gasteiger partial charge is 0.228 e. The molecular weight excluding hydrogens is 340 g/mol. The summed E-state index contributed by atoms with van der Waals surface area (Å²) in [6, 6.07) is 1.80. The van der Waals surface area contributed by atoms with Crippen molar-refractivity contribution in [3.05, 3.63) is 29.2 Å². The van der Waals surface area contributed by atoms with Crippen LogP contribution in [0.3, 0.4) is 0 Å². The molecule has 0 saturated heterocycles. The number of nitrogens with zero attached hydrogens (tertiary/aromatic N) is 3. The highest BCUT2D eigenvalue weighted by molar-refractivity contribution is 6.33. The van der Waals surface area contributed by atoms with Crippen LogP contribution in [0.2, 0.25) is 5.02 Å². The zero-order valence-corrected chi connectivity index (χ0v) is 15.0. The van der Waals surface area contributed by atoms with Gasteiger partial charge in [-0.1, -0.05) is 25.4 Å². The molecule has 0 aromatic carbocycles. The van der Waals surface area contributed by atoms with Crippen molar-refractivity contribution in [2.45, 2.75) is 45.8 Å². The van der Waals surface area contributed by atoms with Gasteiger partial charge >= 0.3 is 0 Å². The van der Waals surface area contributed by atoms with E-state index in [0.29, 0.717) is 23.7 Å². The van der Waals surface area contributed by atoms with Crippen LogP contribution >= 0.6 is 11.6 Å². The lowest BCUT2D eigenvalue weighted by atomic mass is 9.82. The molecule has 1 aliphatic heterocycles. The second-order valence-corrected chi connectivity index (χ2v) is 8.27. The summed E-state index contributed by atoms with van der Waals surface area (Å²) in [5.41, 5.74) is 3.17. The number of fused-ring (bicyclic) bond motifs is 1. The molecule has 1 amide bonds. The fourth-order valence-corrected chi connectivity index (χ4v) is 3.82. The maximum atomic E-state index is 12.2. The number of aliphatic hydroxyl groups is 1. The Bertz CT molecular complexity index is 840. The lowest BCUT2D eigenvalue weighted by Crippen LogP contribution is -2.37. The summed E-state index contributed by atoms with van der Waals surface area (Å²) < 4.78 is 2.03. The summed E-state index contributed by atoms with van der Waals surface area (Å²) >= 11 is 6.37. The Morgan fingerprint density at radius 1 is 1.36 bits per heavy atom. The maximum Gasteiger partial charge on any atom is 0.228 e. The van der Waals surface area contributed by atoms with Gasteiger partial charge in [0.05, 0.1) is 17.3 Å². The van der Waals surface area contributed by atoms with Crippen molar-refractivity contribution in [3.8, 4) is 11.1 Å². The molecule has 0 radical (unpaired) electrons. The normalized spacial score (nSPS) is 23.8. The van der Waals surface area contributed by atoms with Crippen LogP contribution in [0.25, 0.3) is 11.1 Å². The van der Waals surface area contributed by atoms with Gasteiger partial charge in [-0.25, -0.2) is 4.98 Å².